The topological polar surface area (TPSA) is 74.5 Å². The van der Waals surface area contributed by atoms with Crippen LogP contribution in [-0.2, 0) is 4.79 Å². The standard InChI is InChI=1S/C16H21N5O2/c1-13(14-4-2-11-23-14)19-15(22)12-20-7-9-21(10-8-20)16-17-5-3-6-18-16/h2-6,11,13H,7-10,12H2,1H3,(H,19,22)/t13-/m1/s1. The van der Waals surface area contributed by atoms with Gasteiger partial charge in [-0.05, 0) is 25.1 Å². The maximum Gasteiger partial charge on any atom is 0.234 e. The summed E-state index contributed by atoms with van der Waals surface area (Å²) in [6.07, 6.45) is 5.11. The van der Waals surface area contributed by atoms with Crippen LogP contribution in [0.15, 0.2) is 41.3 Å². The number of aromatic nitrogens is 2. The van der Waals surface area contributed by atoms with Crippen LogP contribution >= 0.6 is 0 Å². The Balaban J connectivity index is 1.44. The molecule has 23 heavy (non-hydrogen) atoms. The van der Waals surface area contributed by atoms with Crippen molar-refractivity contribution in [1.82, 2.24) is 20.2 Å². The fourth-order valence-electron chi connectivity index (χ4n) is 2.66. The zero-order chi connectivity index (χ0) is 16.1. The van der Waals surface area contributed by atoms with Gasteiger partial charge in [-0.25, -0.2) is 9.97 Å². The molecule has 0 saturated carbocycles. The molecule has 7 heteroatoms. The first-order chi connectivity index (χ1) is 11.2. The van der Waals surface area contributed by atoms with Gasteiger partial charge in [0.05, 0.1) is 18.8 Å². The average molecular weight is 315 g/mol. The number of rotatable bonds is 5. The van der Waals surface area contributed by atoms with Crippen LogP contribution in [0.4, 0.5) is 5.95 Å². The van der Waals surface area contributed by atoms with Gasteiger partial charge < -0.3 is 14.6 Å². The lowest BCUT2D eigenvalue weighted by atomic mass is 10.2. The van der Waals surface area contributed by atoms with Gasteiger partial charge in [0, 0.05) is 38.6 Å². The van der Waals surface area contributed by atoms with Crippen LogP contribution in [0, 0.1) is 0 Å². The lowest BCUT2D eigenvalue weighted by Crippen LogP contribution is -2.50. The minimum absolute atomic E-state index is 0.0123. The monoisotopic (exact) mass is 315 g/mol. The molecule has 0 unspecified atom stereocenters. The van der Waals surface area contributed by atoms with Gasteiger partial charge in [0.1, 0.15) is 5.76 Å². The van der Waals surface area contributed by atoms with Crippen molar-refractivity contribution in [3.63, 3.8) is 0 Å². The minimum Gasteiger partial charge on any atom is -0.467 e. The third kappa shape index (κ3) is 4.07. The summed E-state index contributed by atoms with van der Waals surface area (Å²) in [5.74, 6) is 1.53. The van der Waals surface area contributed by atoms with E-state index in [2.05, 4.69) is 25.1 Å². The van der Waals surface area contributed by atoms with Gasteiger partial charge >= 0.3 is 0 Å². The molecule has 0 aromatic carbocycles. The maximum absolute atomic E-state index is 12.1. The van der Waals surface area contributed by atoms with Gasteiger partial charge in [0.15, 0.2) is 0 Å². The lowest BCUT2D eigenvalue weighted by molar-refractivity contribution is -0.123. The highest BCUT2D eigenvalue weighted by molar-refractivity contribution is 5.78. The summed E-state index contributed by atoms with van der Waals surface area (Å²) < 4.78 is 5.30. The van der Waals surface area contributed by atoms with Gasteiger partial charge in [-0.15, -0.1) is 0 Å². The summed E-state index contributed by atoms with van der Waals surface area (Å²) in [6, 6.07) is 5.38. The van der Waals surface area contributed by atoms with E-state index in [1.54, 1.807) is 18.7 Å². The summed E-state index contributed by atoms with van der Waals surface area (Å²) in [5, 5.41) is 2.96. The van der Waals surface area contributed by atoms with E-state index >= 15 is 0 Å². The maximum atomic E-state index is 12.1. The minimum atomic E-state index is -0.114. The summed E-state index contributed by atoms with van der Waals surface area (Å²) in [4.78, 5) is 24.9. The van der Waals surface area contributed by atoms with E-state index in [0.717, 1.165) is 37.9 Å². The Bertz CT molecular complexity index is 609. The van der Waals surface area contributed by atoms with Crippen molar-refractivity contribution in [3.05, 3.63) is 42.6 Å². The molecule has 122 valence electrons. The number of anilines is 1. The van der Waals surface area contributed by atoms with Crippen molar-refractivity contribution in [2.75, 3.05) is 37.6 Å². The van der Waals surface area contributed by atoms with E-state index in [-0.39, 0.29) is 11.9 Å². The zero-order valence-electron chi connectivity index (χ0n) is 13.2. The second-order valence-corrected chi connectivity index (χ2v) is 5.62. The van der Waals surface area contributed by atoms with Crippen LogP contribution in [-0.4, -0.2) is 53.5 Å². The smallest absolute Gasteiger partial charge is 0.234 e. The van der Waals surface area contributed by atoms with E-state index in [0.29, 0.717) is 6.54 Å². The summed E-state index contributed by atoms with van der Waals surface area (Å²) >= 11 is 0. The molecule has 0 bridgehead atoms. The molecule has 1 atom stereocenters. The molecule has 7 nitrogen and oxygen atoms in total. The van der Waals surface area contributed by atoms with E-state index < -0.39 is 0 Å². The first kappa shape index (κ1) is 15.5. The van der Waals surface area contributed by atoms with Crippen LogP contribution in [0.5, 0.6) is 0 Å². The highest BCUT2D eigenvalue weighted by atomic mass is 16.3. The van der Waals surface area contributed by atoms with Crippen LogP contribution in [0.25, 0.3) is 0 Å². The van der Waals surface area contributed by atoms with Crippen LogP contribution in [0.1, 0.15) is 18.7 Å². The predicted molar refractivity (Wildman–Crippen MR) is 86.0 cm³/mol. The SMILES string of the molecule is C[C@@H](NC(=O)CN1CCN(c2ncccn2)CC1)c1ccco1. The van der Waals surface area contributed by atoms with E-state index in [1.165, 1.54) is 0 Å². The Morgan fingerprint density at radius 1 is 1.26 bits per heavy atom. The fraction of sp³-hybridized carbons (Fsp3) is 0.438. The molecule has 2 aromatic heterocycles. The fourth-order valence-corrected chi connectivity index (χ4v) is 2.66. The Kier molecular flexibility index (Phi) is 4.87. The number of hydrogen-bond acceptors (Lipinski definition) is 6. The van der Waals surface area contributed by atoms with E-state index in [4.69, 9.17) is 4.42 Å². The van der Waals surface area contributed by atoms with Gasteiger partial charge in [-0.1, -0.05) is 0 Å². The molecular weight excluding hydrogens is 294 g/mol. The number of piperazine rings is 1. The number of nitrogens with zero attached hydrogens (tertiary/aromatic N) is 4. The molecule has 1 N–H and O–H groups in total. The third-order valence-electron chi connectivity index (χ3n) is 3.92. The summed E-state index contributed by atoms with van der Waals surface area (Å²) in [7, 11) is 0. The number of carbonyl (C=O) groups excluding carboxylic acids is 1. The first-order valence-electron chi connectivity index (χ1n) is 7.79. The third-order valence-corrected chi connectivity index (χ3v) is 3.92. The molecular formula is C16H21N5O2. The van der Waals surface area contributed by atoms with Crippen molar-refractivity contribution < 1.29 is 9.21 Å². The van der Waals surface area contributed by atoms with Crippen molar-refractivity contribution in [2.45, 2.75) is 13.0 Å². The molecule has 1 aliphatic rings. The number of furan rings is 1. The Labute approximate surface area is 135 Å². The molecule has 3 rings (SSSR count). The normalized spacial score (nSPS) is 17.0. The molecule has 0 spiro atoms. The Hall–Kier alpha value is -2.41. The second-order valence-electron chi connectivity index (χ2n) is 5.62. The highest BCUT2D eigenvalue weighted by Gasteiger charge is 2.21. The second kappa shape index (κ2) is 7.23. The van der Waals surface area contributed by atoms with Crippen molar-refractivity contribution in [1.29, 1.82) is 0 Å². The van der Waals surface area contributed by atoms with Gasteiger partial charge in [0.2, 0.25) is 11.9 Å². The van der Waals surface area contributed by atoms with Crippen molar-refractivity contribution in [2.24, 2.45) is 0 Å². The zero-order valence-corrected chi connectivity index (χ0v) is 13.2. The molecule has 3 heterocycles. The Morgan fingerprint density at radius 3 is 2.65 bits per heavy atom. The number of amides is 1. The number of carbonyl (C=O) groups is 1. The number of nitrogens with one attached hydrogen (secondary N) is 1. The quantitative estimate of drug-likeness (QED) is 0.889. The van der Waals surface area contributed by atoms with Crippen LogP contribution < -0.4 is 10.2 Å². The molecule has 2 aromatic rings. The van der Waals surface area contributed by atoms with Crippen molar-refractivity contribution in [3.8, 4) is 0 Å². The predicted octanol–water partition coefficient (Wildman–Crippen LogP) is 1.07. The summed E-state index contributed by atoms with van der Waals surface area (Å²) in [5.41, 5.74) is 0. The van der Waals surface area contributed by atoms with Gasteiger partial charge in [-0.2, -0.15) is 0 Å². The molecule has 1 fully saturated rings. The number of hydrogen-bond donors (Lipinski definition) is 1. The Morgan fingerprint density at radius 2 is 2.00 bits per heavy atom. The largest absolute Gasteiger partial charge is 0.467 e. The average Bonchev–Trinajstić information content (AvgIpc) is 3.11. The highest BCUT2D eigenvalue weighted by Crippen LogP contribution is 2.12. The summed E-state index contributed by atoms with van der Waals surface area (Å²) in [6.45, 7) is 5.60. The molecule has 1 amide bonds. The van der Waals surface area contributed by atoms with Crippen molar-refractivity contribution >= 4 is 11.9 Å². The molecule has 0 aliphatic carbocycles. The molecule has 1 aliphatic heterocycles. The van der Waals surface area contributed by atoms with E-state index in [1.807, 2.05) is 25.1 Å². The van der Waals surface area contributed by atoms with E-state index in [9.17, 15) is 4.79 Å². The van der Waals surface area contributed by atoms with Crippen LogP contribution in [0.3, 0.4) is 0 Å². The van der Waals surface area contributed by atoms with Gasteiger partial charge in [-0.3, -0.25) is 9.69 Å². The first-order valence-corrected chi connectivity index (χ1v) is 7.79. The molecule has 0 radical (unpaired) electrons. The van der Waals surface area contributed by atoms with Gasteiger partial charge in [0.25, 0.3) is 0 Å². The lowest BCUT2D eigenvalue weighted by Gasteiger charge is -2.34. The molecule has 1 saturated heterocycles. The van der Waals surface area contributed by atoms with Crippen LogP contribution in [0.2, 0.25) is 0 Å².